The predicted octanol–water partition coefficient (Wildman–Crippen LogP) is 3.89. The first kappa shape index (κ1) is 18.4. The Morgan fingerprint density at radius 1 is 1.23 bits per heavy atom. The van der Waals surface area contributed by atoms with Gasteiger partial charge in [0.25, 0.3) is 5.56 Å². The Hall–Kier alpha value is -2.37. The minimum Gasteiger partial charge on any atom is -0.348 e. The van der Waals surface area contributed by atoms with Crippen molar-refractivity contribution in [2.24, 2.45) is 0 Å². The van der Waals surface area contributed by atoms with E-state index in [1.165, 1.54) is 4.57 Å². The molecule has 26 heavy (non-hydrogen) atoms. The van der Waals surface area contributed by atoms with Crippen LogP contribution in [0.25, 0.3) is 10.9 Å². The van der Waals surface area contributed by atoms with Crippen LogP contribution in [0.3, 0.4) is 0 Å². The molecule has 1 heterocycles. The van der Waals surface area contributed by atoms with Gasteiger partial charge in [0, 0.05) is 10.0 Å². The van der Waals surface area contributed by atoms with E-state index in [-0.39, 0.29) is 24.1 Å². The summed E-state index contributed by atoms with van der Waals surface area (Å²) in [5.41, 5.74) is 1.14. The van der Waals surface area contributed by atoms with Crippen molar-refractivity contribution in [3.05, 3.63) is 74.3 Å². The molecule has 0 radical (unpaired) electrons. The molecule has 0 aliphatic rings. The zero-order valence-corrected chi connectivity index (χ0v) is 15.8. The van der Waals surface area contributed by atoms with E-state index in [2.05, 4.69) is 10.3 Å². The number of rotatable bonds is 4. The molecule has 3 rings (SSSR count). The first-order valence-electron chi connectivity index (χ1n) is 8.07. The molecule has 0 fully saturated rings. The zero-order chi connectivity index (χ0) is 18.8. The summed E-state index contributed by atoms with van der Waals surface area (Å²) >= 11 is 12.1. The van der Waals surface area contributed by atoms with Crippen LogP contribution >= 0.6 is 23.2 Å². The lowest BCUT2D eigenvalue weighted by Gasteiger charge is -2.17. The number of aryl methyl sites for hydroxylation is 1. The molecule has 2 aromatic carbocycles. The van der Waals surface area contributed by atoms with E-state index < -0.39 is 0 Å². The monoisotopic (exact) mass is 389 g/mol. The highest BCUT2D eigenvalue weighted by Crippen LogP contribution is 2.26. The number of para-hydroxylation sites is 1. The maximum atomic E-state index is 12.6. The number of nitrogens with zero attached hydrogens (tertiary/aromatic N) is 2. The van der Waals surface area contributed by atoms with Gasteiger partial charge in [-0.25, -0.2) is 4.98 Å². The molecule has 5 nitrogen and oxygen atoms in total. The maximum Gasteiger partial charge on any atom is 0.261 e. The molecule has 1 N–H and O–H groups in total. The quantitative estimate of drug-likeness (QED) is 0.735. The second-order valence-corrected chi connectivity index (χ2v) is 6.87. The summed E-state index contributed by atoms with van der Waals surface area (Å²) in [5, 5.41) is 4.35. The average molecular weight is 390 g/mol. The average Bonchev–Trinajstić information content (AvgIpc) is 2.58. The van der Waals surface area contributed by atoms with Crippen LogP contribution < -0.4 is 10.9 Å². The molecule has 0 saturated carbocycles. The third-order valence-electron chi connectivity index (χ3n) is 4.16. The number of benzene rings is 2. The van der Waals surface area contributed by atoms with Gasteiger partial charge in [-0.2, -0.15) is 0 Å². The predicted molar refractivity (Wildman–Crippen MR) is 104 cm³/mol. The van der Waals surface area contributed by atoms with Gasteiger partial charge in [-0.15, -0.1) is 0 Å². The van der Waals surface area contributed by atoms with E-state index in [1.54, 1.807) is 43.3 Å². The number of nitrogens with one attached hydrogen (secondary N) is 1. The van der Waals surface area contributed by atoms with Crippen molar-refractivity contribution in [2.45, 2.75) is 26.4 Å². The first-order valence-corrected chi connectivity index (χ1v) is 8.83. The summed E-state index contributed by atoms with van der Waals surface area (Å²) in [7, 11) is 0. The Bertz CT molecular complexity index is 1050. The van der Waals surface area contributed by atoms with Gasteiger partial charge in [0.1, 0.15) is 12.4 Å². The van der Waals surface area contributed by atoms with E-state index in [0.29, 0.717) is 26.8 Å². The largest absolute Gasteiger partial charge is 0.348 e. The van der Waals surface area contributed by atoms with E-state index in [9.17, 15) is 9.59 Å². The normalized spacial score (nSPS) is 12.2. The fourth-order valence-electron chi connectivity index (χ4n) is 2.83. The Morgan fingerprint density at radius 2 is 1.96 bits per heavy atom. The summed E-state index contributed by atoms with van der Waals surface area (Å²) in [4.78, 5) is 29.5. The van der Waals surface area contributed by atoms with Crippen LogP contribution in [0.1, 0.15) is 24.4 Å². The molecule has 0 unspecified atom stereocenters. The van der Waals surface area contributed by atoms with E-state index in [0.717, 1.165) is 5.56 Å². The topological polar surface area (TPSA) is 64.0 Å². The van der Waals surface area contributed by atoms with Crippen LogP contribution in [0.5, 0.6) is 0 Å². The van der Waals surface area contributed by atoms with Crippen molar-refractivity contribution < 1.29 is 4.79 Å². The van der Waals surface area contributed by atoms with Gasteiger partial charge in [-0.1, -0.05) is 41.4 Å². The van der Waals surface area contributed by atoms with Crippen LogP contribution in [0.2, 0.25) is 10.0 Å². The van der Waals surface area contributed by atoms with Crippen LogP contribution in [0.15, 0.2) is 47.3 Å². The van der Waals surface area contributed by atoms with Crippen LogP contribution in [-0.4, -0.2) is 15.5 Å². The van der Waals surface area contributed by atoms with E-state index in [1.807, 2.05) is 13.0 Å². The fraction of sp³-hybridized carbons (Fsp3) is 0.211. The van der Waals surface area contributed by atoms with Crippen molar-refractivity contribution in [3.8, 4) is 0 Å². The summed E-state index contributed by atoms with van der Waals surface area (Å²) in [6.45, 7) is 3.42. The van der Waals surface area contributed by atoms with Gasteiger partial charge in [-0.3, -0.25) is 14.2 Å². The van der Waals surface area contributed by atoms with Gasteiger partial charge < -0.3 is 5.32 Å². The lowest BCUT2D eigenvalue weighted by Crippen LogP contribution is -2.35. The molecule has 0 bridgehead atoms. The van der Waals surface area contributed by atoms with Gasteiger partial charge in [0.05, 0.1) is 16.9 Å². The third-order valence-corrected chi connectivity index (χ3v) is 4.72. The van der Waals surface area contributed by atoms with Gasteiger partial charge in [-0.05, 0) is 43.7 Å². The van der Waals surface area contributed by atoms with Crippen LogP contribution in [0, 0.1) is 6.92 Å². The Labute approximate surface area is 160 Å². The summed E-state index contributed by atoms with van der Waals surface area (Å²) in [6.07, 6.45) is 0. The van der Waals surface area contributed by atoms with Crippen molar-refractivity contribution >= 4 is 40.0 Å². The molecule has 134 valence electrons. The smallest absolute Gasteiger partial charge is 0.261 e. The second kappa shape index (κ2) is 7.48. The molecule has 7 heteroatoms. The highest BCUT2D eigenvalue weighted by Gasteiger charge is 2.15. The molecule has 0 saturated heterocycles. The van der Waals surface area contributed by atoms with Crippen molar-refractivity contribution in [3.63, 3.8) is 0 Å². The number of aromatic nitrogens is 2. The minimum absolute atomic E-state index is 0.113. The molecule has 1 aromatic heterocycles. The standard InChI is InChI=1S/C19H17Cl2N3O2/c1-11(14-8-7-13(20)9-16(14)21)22-18(25)10-24-12(2)23-17-6-4-3-5-15(17)19(24)26/h3-9,11H,10H2,1-2H3,(H,22,25)/t11-/m0/s1. The van der Waals surface area contributed by atoms with Crippen molar-refractivity contribution in [1.82, 2.24) is 14.9 Å². The summed E-state index contributed by atoms with van der Waals surface area (Å²) < 4.78 is 1.37. The fourth-order valence-corrected chi connectivity index (χ4v) is 3.40. The lowest BCUT2D eigenvalue weighted by molar-refractivity contribution is -0.122. The maximum absolute atomic E-state index is 12.6. The summed E-state index contributed by atoms with van der Waals surface area (Å²) in [6, 6.07) is 11.9. The molecular weight excluding hydrogens is 373 g/mol. The number of hydrogen-bond acceptors (Lipinski definition) is 3. The first-order chi connectivity index (χ1) is 12.4. The summed E-state index contributed by atoms with van der Waals surface area (Å²) in [5.74, 6) is 0.187. The van der Waals surface area contributed by atoms with Gasteiger partial charge >= 0.3 is 0 Å². The van der Waals surface area contributed by atoms with E-state index >= 15 is 0 Å². The zero-order valence-electron chi connectivity index (χ0n) is 14.3. The van der Waals surface area contributed by atoms with E-state index in [4.69, 9.17) is 23.2 Å². The molecule has 1 atom stereocenters. The highest BCUT2D eigenvalue weighted by atomic mass is 35.5. The molecule has 0 aliphatic carbocycles. The van der Waals surface area contributed by atoms with Crippen molar-refractivity contribution in [1.29, 1.82) is 0 Å². The number of carbonyl (C=O) groups is 1. The van der Waals surface area contributed by atoms with Gasteiger partial charge in [0.15, 0.2) is 0 Å². The lowest BCUT2D eigenvalue weighted by atomic mass is 10.1. The highest BCUT2D eigenvalue weighted by molar-refractivity contribution is 6.35. The van der Waals surface area contributed by atoms with Gasteiger partial charge in [0.2, 0.25) is 5.91 Å². The molecular formula is C19H17Cl2N3O2. The SMILES string of the molecule is Cc1nc2ccccc2c(=O)n1CC(=O)N[C@@H](C)c1ccc(Cl)cc1Cl. The van der Waals surface area contributed by atoms with Crippen LogP contribution in [-0.2, 0) is 11.3 Å². The molecule has 3 aromatic rings. The number of carbonyl (C=O) groups excluding carboxylic acids is 1. The number of amides is 1. The number of fused-ring (bicyclic) bond motifs is 1. The Kier molecular flexibility index (Phi) is 5.30. The van der Waals surface area contributed by atoms with Crippen molar-refractivity contribution in [2.75, 3.05) is 0 Å². The molecule has 0 aliphatic heterocycles. The Morgan fingerprint density at radius 3 is 2.69 bits per heavy atom. The number of halogens is 2. The van der Waals surface area contributed by atoms with Crippen LogP contribution in [0.4, 0.5) is 0 Å². The Balaban J connectivity index is 1.82. The minimum atomic E-state index is -0.323. The molecule has 1 amide bonds. The second-order valence-electron chi connectivity index (χ2n) is 6.02. The number of hydrogen-bond donors (Lipinski definition) is 1. The third kappa shape index (κ3) is 3.74. The molecule has 0 spiro atoms.